The van der Waals surface area contributed by atoms with E-state index < -0.39 is 0 Å². The van der Waals surface area contributed by atoms with Crippen LogP contribution in [0.2, 0.25) is 10.2 Å². The van der Waals surface area contributed by atoms with E-state index in [1.165, 1.54) is 19.4 Å². The summed E-state index contributed by atoms with van der Waals surface area (Å²) in [5.74, 6) is 0.857. The molecule has 0 radical (unpaired) electrons. The molecule has 0 aliphatic carbocycles. The number of nitrogens with one attached hydrogen (secondary N) is 1. The fourth-order valence-electron chi connectivity index (χ4n) is 2.66. The number of hydrogen-bond donors (Lipinski definition) is 1. The van der Waals surface area contributed by atoms with Crippen LogP contribution in [0.3, 0.4) is 0 Å². The van der Waals surface area contributed by atoms with Gasteiger partial charge in [-0.1, -0.05) is 23.2 Å². The van der Waals surface area contributed by atoms with Gasteiger partial charge in [0, 0.05) is 19.1 Å². The molecule has 17 heavy (non-hydrogen) atoms. The lowest BCUT2D eigenvalue weighted by molar-refractivity contribution is 0.234. The molecule has 2 fully saturated rings. The molecule has 5 heteroatoms. The second kappa shape index (κ2) is 4.63. The van der Waals surface area contributed by atoms with Crippen molar-refractivity contribution in [1.82, 2.24) is 10.3 Å². The average molecular weight is 272 g/mol. The first-order valence-electron chi connectivity index (χ1n) is 6.03. The minimum Gasteiger partial charge on any atom is -0.369 e. The smallest absolute Gasteiger partial charge is 0.147 e. The van der Waals surface area contributed by atoms with Gasteiger partial charge in [0.05, 0.1) is 16.9 Å². The van der Waals surface area contributed by atoms with Gasteiger partial charge in [-0.05, 0) is 31.4 Å². The number of fused-ring (bicyclic) bond motifs is 1. The lowest BCUT2D eigenvalue weighted by Gasteiger charge is -2.38. The molecular weight excluding hydrogens is 257 g/mol. The first-order valence-corrected chi connectivity index (χ1v) is 6.79. The van der Waals surface area contributed by atoms with E-state index in [4.69, 9.17) is 23.2 Å². The molecule has 3 rings (SSSR count). The normalized spacial score (nSPS) is 28.2. The molecular formula is C12H15Cl2N3. The highest BCUT2D eigenvalue weighted by atomic mass is 35.5. The Morgan fingerprint density at radius 2 is 2.29 bits per heavy atom. The van der Waals surface area contributed by atoms with Crippen molar-refractivity contribution in [2.75, 3.05) is 24.5 Å². The van der Waals surface area contributed by atoms with Gasteiger partial charge in [0.1, 0.15) is 5.15 Å². The second-order valence-electron chi connectivity index (χ2n) is 4.83. The molecule has 2 atom stereocenters. The highest BCUT2D eigenvalue weighted by Gasteiger charge is 2.33. The Morgan fingerprint density at radius 3 is 3.00 bits per heavy atom. The Hall–Kier alpha value is -0.510. The number of aromatic nitrogens is 1. The zero-order chi connectivity index (χ0) is 11.8. The summed E-state index contributed by atoms with van der Waals surface area (Å²) < 4.78 is 0. The Bertz CT molecular complexity index is 424. The fraction of sp³-hybridized carbons (Fsp3) is 0.583. The van der Waals surface area contributed by atoms with E-state index >= 15 is 0 Å². The Balaban J connectivity index is 1.80. The maximum Gasteiger partial charge on any atom is 0.147 e. The zero-order valence-electron chi connectivity index (χ0n) is 9.50. The summed E-state index contributed by atoms with van der Waals surface area (Å²) in [6, 6.07) is 2.54. The van der Waals surface area contributed by atoms with Crippen LogP contribution in [-0.2, 0) is 0 Å². The molecule has 1 aromatic rings. The lowest BCUT2D eigenvalue weighted by atomic mass is 9.89. The summed E-state index contributed by atoms with van der Waals surface area (Å²) in [7, 11) is 0. The number of halogens is 2. The molecule has 0 spiro atoms. The number of anilines is 1. The van der Waals surface area contributed by atoms with E-state index in [2.05, 4.69) is 15.2 Å². The summed E-state index contributed by atoms with van der Waals surface area (Å²) in [6.07, 6.45) is 4.37. The van der Waals surface area contributed by atoms with Crippen LogP contribution in [0.1, 0.15) is 12.8 Å². The minimum absolute atomic E-state index is 0.380. The number of hydrogen-bond acceptors (Lipinski definition) is 3. The summed E-state index contributed by atoms with van der Waals surface area (Å²) >= 11 is 11.9. The maximum atomic E-state index is 6.02. The van der Waals surface area contributed by atoms with Crippen LogP contribution in [0.4, 0.5) is 5.69 Å². The van der Waals surface area contributed by atoms with Crippen molar-refractivity contribution in [2.24, 2.45) is 5.92 Å². The van der Waals surface area contributed by atoms with Crippen LogP contribution in [0, 0.1) is 5.92 Å². The van der Waals surface area contributed by atoms with E-state index in [9.17, 15) is 0 Å². The van der Waals surface area contributed by atoms with Crippen LogP contribution in [0.5, 0.6) is 0 Å². The minimum atomic E-state index is 0.380. The third kappa shape index (κ3) is 2.24. The third-order valence-corrected chi connectivity index (χ3v) is 4.46. The Labute approximate surface area is 111 Å². The van der Waals surface area contributed by atoms with Gasteiger partial charge in [0.25, 0.3) is 0 Å². The molecule has 2 saturated heterocycles. The molecule has 0 bridgehead atoms. The molecule has 3 heterocycles. The molecule has 2 aliphatic rings. The van der Waals surface area contributed by atoms with E-state index in [-0.39, 0.29) is 0 Å². The summed E-state index contributed by atoms with van der Waals surface area (Å²) in [5.41, 5.74) is 1.08. The third-order valence-electron chi connectivity index (χ3n) is 3.78. The summed E-state index contributed by atoms with van der Waals surface area (Å²) in [4.78, 5) is 6.47. The topological polar surface area (TPSA) is 28.2 Å². The quantitative estimate of drug-likeness (QED) is 0.796. The molecule has 3 nitrogen and oxygen atoms in total. The molecule has 1 aromatic heterocycles. The number of rotatable bonds is 1. The van der Waals surface area contributed by atoms with Crippen molar-refractivity contribution in [1.29, 1.82) is 0 Å². The van der Waals surface area contributed by atoms with Crippen molar-refractivity contribution in [2.45, 2.75) is 18.9 Å². The fourth-order valence-corrected chi connectivity index (χ4v) is 2.92. The average Bonchev–Trinajstić information content (AvgIpc) is 2.43. The summed E-state index contributed by atoms with van der Waals surface area (Å²) in [6.45, 7) is 3.30. The van der Waals surface area contributed by atoms with Crippen molar-refractivity contribution < 1.29 is 0 Å². The van der Waals surface area contributed by atoms with Gasteiger partial charge in [-0.2, -0.15) is 0 Å². The van der Waals surface area contributed by atoms with Crippen LogP contribution < -0.4 is 10.2 Å². The Kier molecular flexibility index (Phi) is 3.16. The van der Waals surface area contributed by atoms with E-state index in [1.54, 1.807) is 0 Å². The second-order valence-corrected chi connectivity index (χ2v) is 5.59. The Morgan fingerprint density at radius 1 is 1.41 bits per heavy atom. The van der Waals surface area contributed by atoms with E-state index in [0.29, 0.717) is 16.2 Å². The predicted octanol–water partition coefficient (Wildman–Crippen LogP) is 2.58. The SMILES string of the molecule is Clc1cc(N2CCCC3CNC3C2)cnc1Cl. The molecule has 0 aromatic carbocycles. The zero-order valence-corrected chi connectivity index (χ0v) is 11.0. The number of nitrogens with zero attached hydrogens (tertiary/aromatic N) is 2. The predicted molar refractivity (Wildman–Crippen MR) is 71.0 cm³/mol. The van der Waals surface area contributed by atoms with Crippen LogP contribution in [0.25, 0.3) is 0 Å². The number of pyridine rings is 1. The first-order chi connectivity index (χ1) is 8.24. The summed E-state index contributed by atoms with van der Waals surface area (Å²) in [5, 5.41) is 4.41. The van der Waals surface area contributed by atoms with Crippen molar-refractivity contribution in [3.63, 3.8) is 0 Å². The first kappa shape index (κ1) is 11.6. The van der Waals surface area contributed by atoms with Crippen LogP contribution in [-0.4, -0.2) is 30.7 Å². The maximum absolute atomic E-state index is 6.02. The lowest BCUT2D eigenvalue weighted by Crippen LogP contribution is -2.56. The standard InChI is InChI=1S/C12H15Cl2N3/c13-10-4-9(6-16-12(10)14)17-3-1-2-8-5-15-11(8)7-17/h4,6,8,11,15H,1-3,5,7H2. The van der Waals surface area contributed by atoms with Gasteiger partial charge in [0.2, 0.25) is 0 Å². The van der Waals surface area contributed by atoms with Crippen LogP contribution in [0.15, 0.2) is 12.3 Å². The molecule has 2 unspecified atom stereocenters. The van der Waals surface area contributed by atoms with E-state index in [1.807, 2.05) is 12.3 Å². The highest BCUT2D eigenvalue weighted by molar-refractivity contribution is 6.41. The molecule has 2 aliphatic heterocycles. The monoisotopic (exact) mass is 271 g/mol. The van der Waals surface area contributed by atoms with Gasteiger partial charge in [-0.3, -0.25) is 0 Å². The molecule has 92 valence electrons. The van der Waals surface area contributed by atoms with Gasteiger partial charge in [-0.15, -0.1) is 0 Å². The van der Waals surface area contributed by atoms with Crippen molar-refractivity contribution in [3.05, 3.63) is 22.4 Å². The highest BCUT2D eigenvalue weighted by Crippen LogP contribution is 2.29. The van der Waals surface area contributed by atoms with Crippen molar-refractivity contribution >= 4 is 28.9 Å². The molecule has 0 saturated carbocycles. The van der Waals surface area contributed by atoms with E-state index in [0.717, 1.165) is 24.7 Å². The molecule has 1 N–H and O–H groups in total. The van der Waals surface area contributed by atoms with Gasteiger partial charge in [0.15, 0.2) is 0 Å². The van der Waals surface area contributed by atoms with Crippen LogP contribution >= 0.6 is 23.2 Å². The van der Waals surface area contributed by atoms with Gasteiger partial charge >= 0.3 is 0 Å². The van der Waals surface area contributed by atoms with Gasteiger partial charge < -0.3 is 10.2 Å². The largest absolute Gasteiger partial charge is 0.369 e. The van der Waals surface area contributed by atoms with Crippen molar-refractivity contribution in [3.8, 4) is 0 Å². The molecule has 0 amide bonds. The van der Waals surface area contributed by atoms with Gasteiger partial charge in [-0.25, -0.2) is 4.98 Å².